The van der Waals surface area contributed by atoms with Crippen LogP contribution in [0.4, 0.5) is 8.78 Å². The van der Waals surface area contributed by atoms with E-state index in [-0.39, 0.29) is 24.0 Å². The molecule has 4 nitrogen and oxygen atoms in total. The molecule has 7 heteroatoms. The monoisotopic (exact) mass is 478 g/mol. The van der Waals surface area contributed by atoms with E-state index in [1.807, 2.05) is 0 Å². The van der Waals surface area contributed by atoms with Crippen LogP contribution < -0.4 is 4.74 Å². The number of thioether (sulfide) groups is 1. The molecule has 2 aliphatic rings. The van der Waals surface area contributed by atoms with E-state index in [2.05, 4.69) is 21.6 Å². The number of aliphatic hydroxyl groups excluding tert-OH is 1. The Morgan fingerprint density at radius 1 is 1.27 bits per heavy atom. The molecule has 2 aromatic rings. The molecule has 4 rings (SSSR count). The summed E-state index contributed by atoms with van der Waals surface area (Å²) >= 11 is 2.11. The first-order chi connectivity index (χ1) is 16.0. The summed E-state index contributed by atoms with van der Waals surface area (Å²) in [6.07, 6.45) is 7.58. The zero-order valence-electron chi connectivity index (χ0n) is 19.6. The first-order valence-electron chi connectivity index (χ1n) is 12.2. The van der Waals surface area contributed by atoms with Crippen LogP contribution in [0.1, 0.15) is 63.1 Å². The Hall–Kier alpha value is -1.44. The third-order valence-electron chi connectivity index (χ3n) is 7.62. The summed E-state index contributed by atoms with van der Waals surface area (Å²) in [4.78, 5) is 6.57. The lowest BCUT2D eigenvalue weighted by atomic mass is 9.74. The molecule has 1 atom stereocenters. The van der Waals surface area contributed by atoms with E-state index in [0.717, 1.165) is 43.9 Å². The highest BCUT2D eigenvalue weighted by Gasteiger charge is 2.35. The lowest BCUT2D eigenvalue weighted by Gasteiger charge is -2.41. The van der Waals surface area contributed by atoms with E-state index in [9.17, 15) is 9.50 Å². The number of rotatable bonds is 10. The average Bonchev–Trinajstić information content (AvgIpc) is 3.36. The summed E-state index contributed by atoms with van der Waals surface area (Å²) in [5.74, 6) is 1.09. The molecule has 0 radical (unpaired) electrons. The highest BCUT2D eigenvalue weighted by molar-refractivity contribution is 7.99. The minimum atomic E-state index is -1.45. The van der Waals surface area contributed by atoms with Crippen LogP contribution in [0.25, 0.3) is 10.9 Å². The summed E-state index contributed by atoms with van der Waals surface area (Å²) in [5.41, 5.74) is 0.319. The quantitative estimate of drug-likeness (QED) is 0.459. The molecule has 1 aliphatic carbocycles. The maximum atomic E-state index is 15.4. The highest BCUT2D eigenvalue weighted by atomic mass is 32.2. The number of fused-ring (bicyclic) bond motifs is 1. The zero-order valence-corrected chi connectivity index (χ0v) is 20.4. The normalized spacial score (nSPS) is 20.4. The van der Waals surface area contributed by atoms with E-state index in [1.54, 1.807) is 18.2 Å². The van der Waals surface area contributed by atoms with E-state index in [1.165, 1.54) is 38.5 Å². The lowest BCUT2D eigenvalue weighted by Crippen LogP contribution is -2.43. The van der Waals surface area contributed by atoms with Gasteiger partial charge >= 0.3 is 0 Å². The minimum Gasteiger partial charge on any atom is -0.497 e. The van der Waals surface area contributed by atoms with Crippen LogP contribution in [0.3, 0.4) is 0 Å². The number of nitrogens with zero attached hydrogens (tertiary/aromatic N) is 2. The van der Waals surface area contributed by atoms with Crippen LogP contribution in [-0.2, 0) is 0 Å². The number of pyridine rings is 1. The zero-order chi connectivity index (χ0) is 23.3. The van der Waals surface area contributed by atoms with Gasteiger partial charge in [-0.25, -0.2) is 8.78 Å². The summed E-state index contributed by atoms with van der Waals surface area (Å²) < 4.78 is 35.3. The number of piperidine rings is 1. The molecule has 2 heterocycles. The maximum Gasteiger partial charge on any atom is 0.148 e. The molecule has 1 aromatic heterocycles. The minimum absolute atomic E-state index is 0.0494. The van der Waals surface area contributed by atoms with Gasteiger partial charge in [0.25, 0.3) is 0 Å². The summed E-state index contributed by atoms with van der Waals surface area (Å²) in [7, 11) is 1.53. The second-order valence-electron chi connectivity index (χ2n) is 9.69. The van der Waals surface area contributed by atoms with Crippen molar-refractivity contribution in [3.05, 3.63) is 35.8 Å². The van der Waals surface area contributed by atoms with Gasteiger partial charge in [0.2, 0.25) is 0 Å². The summed E-state index contributed by atoms with van der Waals surface area (Å²) in [6, 6.07) is 5.11. The fourth-order valence-corrected chi connectivity index (χ4v) is 6.70. The van der Waals surface area contributed by atoms with Crippen LogP contribution in [0.2, 0.25) is 0 Å². The second-order valence-corrected chi connectivity index (χ2v) is 11.1. The third-order valence-corrected chi connectivity index (χ3v) is 8.99. The van der Waals surface area contributed by atoms with Crippen molar-refractivity contribution in [1.29, 1.82) is 0 Å². The third kappa shape index (κ3) is 5.98. The molecule has 1 aromatic carbocycles. The number of alkyl halides is 1. The number of hydrogen-bond acceptors (Lipinski definition) is 5. The Bertz CT molecular complexity index is 915. The molecule has 182 valence electrons. The smallest absolute Gasteiger partial charge is 0.148 e. The number of halogens is 2. The molecule has 0 bridgehead atoms. The van der Waals surface area contributed by atoms with Crippen molar-refractivity contribution in [2.24, 2.45) is 5.41 Å². The molecular formula is C26H36F2N2O2S. The van der Waals surface area contributed by atoms with Crippen molar-refractivity contribution in [1.82, 2.24) is 9.88 Å². The van der Waals surface area contributed by atoms with E-state index in [0.29, 0.717) is 23.1 Å². The predicted molar refractivity (Wildman–Crippen MR) is 131 cm³/mol. The van der Waals surface area contributed by atoms with Gasteiger partial charge in [-0.15, -0.1) is 0 Å². The Morgan fingerprint density at radius 2 is 2.03 bits per heavy atom. The van der Waals surface area contributed by atoms with Gasteiger partial charge in [0, 0.05) is 35.1 Å². The molecule has 2 fully saturated rings. The standard InChI is InChI=1S/C26H36F2N2O2S/c1-32-19-6-7-24-21(16-19)25(23(28)17-29-24)22(27)8-9-26(18-31)10-12-30(13-11-26)14-15-33-20-4-2-3-5-20/h6-7,16-17,20,22,31H,2-5,8-15,18H2,1H3/t22-/m1/s1. The SMILES string of the molecule is COc1ccc2ncc(F)c([C@H](F)CCC3(CO)CCN(CCSC4CCCC4)CC3)c2c1. The molecule has 0 unspecified atom stereocenters. The lowest BCUT2D eigenvalue weighted by molar-refractivity contribution is 0.0321. The first-order valence-corrected chi connectivity index (χ1v) is 13.3. The Labute approximate surface area is 200 Å². The van der Waals surface area contributed by atoms with Crippen molar-refractivity contribution >= 4 is 22.7 Å². The molecule has 0 spiro atoms. The van der Waals surface area contributed by atoms with E-state index < -0.39 is 12.0 Å². The number of likely N-dealkylation sites (tertiary alicyclic amines) is 1. The number of ether oxygens (including phenoxy) is 1. The van der Waals surface area contributed by atoms with Crippen LogP contribution in [0, 0.1) is 11.2 Å². The molecular weight excluding hydrogens is 442 g/mol. The molecule has 0 amide bonds. The Balaban J connectivity index is 1.33. The van der Waals surface area contributed by atoms with Crippen molar-refractivity contribution in [3.63, 3.8) is 0 Å². The molecule has 1 saturated heterocycles. The number of hydrogen-bond donors (Lipinski definition) is 1. The fourth-order valence-electron chi connectivity index (χ4n) is 5.33. The van der Waals surface area contributed by atoms with Crippen LogP contribution in [-0.4, -0.2) is 59.3 Å². The van der Waals surface area contributed by atoms with Gasteiger partial charge in [-0.1, -0.05) is 12.8 Å². The van der Waals surface area contributed by atoms with Crippen molar-refractivity contribution in [2.75, 3.05) is 39.1 Å². The van der Waals surface area contributed by atoms with Crippen LogP contribution in [0.5, 0.6) is 5.75 Å². The van der Waals surface area contributed by atoms with Gasteiger partial charge in [0.05, 0.1) is 18.8 Å². The van der Waals surface area contributed by atoms with Gasteiger partial charge in [-0.2, -0.15) is 11.8 Å². The van der Waals surface area contributed by atoms with Crippen molar-refractivity contribution in [3.8, 4) is 5.75 Å². The number of benzene rings is 1. The van der Waals surface area contributed by atoms with Gasteiger partial charge < -0.3 is 14.7 Å². The van der Waals surface area contributed by atoms with Crippen LogP contribution in [0.15, 0.2) is 24.4 Å². The van der Waals surface area contributed by atoms with Crippen molar-refractivity contribution in [2.45, 2.75) is 62.8 Å². The maximum absolute atomic E-state index is 15.4. The molecule has 33 heavy (non-hydrogen) atoms. The average molecular weight is 479 g/mol. The number of aromatic nitrogens is 1. The van der Waals surface area contributed by atoms with Crippen molar-refractivity contribution < 1.29 is 18.6 Å². The van der Waals surface area contributed by atoms with E-state index in [4.69, 9.17) is 4.74 Å². The topological polar surface area (TPSA) is 45.6 Å². The van der Waals surface area contributed by atoms with Gasteiger partial charge in [0.15, 0.2) is 0 Å². The van der Waals surface area contributed by atoms with Gasteiger partial charge in [-0.3, -0.25) is 4.98 Å². The highest BCUT2D eigenvalue weighted by Crippen LogP contribution is 2.41. The molecule has 1 aliphatic heterocycles. The summed E-state index contributed by atoms with van der Waals surface area (Å²) in [6.45, 7) is 3.02. The summed E-state index contributed by atoms with van der Waals surface area (Å²) in [5, 5.41) is 11.5. The predicted octanol–water partition coefficient (Wildman–Crippen LogP) is 5.92. The number of aliphatic hydroxyl groups is 1. The second kappa shape index (κ2) is 11.3. The largest absolute Gasteiger partial charge is 0.497 e. The Morgan fingerprint density at radius 3 is 2.73 bits per heavy atom. The molecule has 1 saturated carbocycles. The first kappa shape index (κ1) is 24.7. The molecule has 1 N–H and O–H groups in total. The van der Waals surface area contributed by atoms with E-state index >= 15 is 4.39 Å². The van der Waals surface area contributed by atoms with Crippen LogP contribution >= 0.6 is 11.8 Å². The van der Waals surface area contributed by atoms with Gasteiger partial charge in [0.1, 0.15) is 17.7 Å². The fraction of sp³-hybridized carbons (Fsp3) is 0.654. The Kier molecular flexibility index (Phi) is 8.47. The van der Waals surface area contributed by atoms with Gasteiger partial charge in [-0.05, 0) is 75.2 Å². The number of methoxy groups -OCH3 is 1.